The molecule has 28 heavy (non-hydrogen) atoms. The Morgan fingerprint density at radius 3 is 3.00 bits per heavy atom. The van der Waals surface area contributed by atoms with Gasteiger partial charge in [0.05, 0.1) is 12.1 Å². The van der Waals surface area contributed by atoms with Crippen LogP contribution in [-0.2, 0) is 24.2 Å². The van der Waals surface area contributed by atoms with Crippen molar-refractivity contribution in [2.75, 3.05) is 11.4 Å². The van der Waals surface area contributed by atoms with Gasteiger partial charge in [-0.2, -0.15) is 0 Å². The number of anilines is 1. The summed E-state index contributed by atoms with van der Waals surface area (Å²) in [6, 6.07) is 12.2. The number of hydrogen-bond acceptors (Lipinski definition) is 4. The molecule has 0 aliphatic carbocycles. The Bertz CT molecular complexity index is 1180. The van der Waals surface area contributed by atoms with Crippen LogP contribution in [0.25, 0.3) is 21.6 Å². The molecule has 1 aliphatic heterocycles. The van der Waals surface area contributed by atoms with Crippen LogP contribution in [0.3, 0.4) is 0 Å². The summed E-state index contributed by atoms with van der Waals surface area (Å²) >= 11 is 1.59. The average Bonchev–Trinajstić information content (AvgIpc) is 3.44. The number of amides is 1. The largest absolute Gasteiger partial charge is 0.332 e. The van der Waals surface area contributed by atoms with Crippen molar-refractivity contribution in [2.24, 2.45) is 0 Å². The standard InChI is InChI=1S/C22H20N4OS/c1-2-25-13-18(17-7-5-10-23-21(17)25)22-24-16(14-28-22)12-20(27)26-11-9-15-6-3-4-8-19(15)26/h3-8,10,13-14H,2,9,11-12H2,1H3. The quantitative estimate of drug-likeness (QED) is 0.523. The fourth-order valence-electron chi connectivity index (χ4n) is 3.89. The second-order valence-corrected chi connectivity index (χ2v) is 7.81. The van der Waals surface area contributed by atoms with Crippen LogP contribution >= 0.6 is 11.3 Å². The number of carbonyl (C=O) groups excluding carboxylic acids is 1. The van der Waals surface area contributed by atoms with Crippen molar-refractivity contribution < 1.29 is 4.79 Å². The maximum Gasteiger partial charge on any atom is 0.233 e. The molecule has 0 spiro atoms. The molecule has 1 amide bonds. The van der Waals surface area contributed by atoms with Crippen molar-refractivity contribution in [2.45, 2.75) is 26.3 Å². The summed E-state index contributed by atoms with van der Waals surface area (Å²) in [5.41, 5.74) is 5.17. The van der Waals surface area contributed by atoms with Gasteiger partial charge in [-0.05, 0) is 37.1 Å². The van der Waals surface area contributed by atoms with Gasteiger partial charge in [0.2, 0.25) is 5.91 Å². The van der Waals surface area contributed by atoms with E-state index in [1.165, 1.54) is 5.56 Å². The lowest BCUT2D eigenvalue weighted by atomic mass is 10.2. The van der Waals surface area contributed by atoms with E-state index in [2.05, 4.69) is 34.8 Å². The number of aromatic nitrogens is 3. The SMILES string of the molecule is CCn1cc(-c2nc(CC(=O)N3CCc4ccccc43)cs2)c2cccnc21. The number of thiazole rings is 1. The molecule has 0 atom stereocenters. The van der Waals surface area contributed by atoms with E-state index in [0.717, 1.165) is 52.5 Å². The molecule has 140 valence electrons. The summed E-state index contributed by atoms with van der Waals surface area (Å²) in [5.74, 6) is 0.111. The Hall–Kier alpha value is -2.99. The molecule has 0 unspecified atom stereocenters. The number of aryl methyl sites for hydroxylation is 1. The molecule has 1 aromatic carbocycles. The van der Waals surface area contributed by atoms with Crippen molar-refractivity contribution in [1.82, 2.24) is 14.5 Å². The maximum absolute atomic E-state index is 12.9. The third kappa shape index (κ3) is 2.81. The van der Waals surface area contributed by atoms with Crippen molar-refractivity contribution in [1.29, 1.82) is 0 Å². The average molecular weight is 388 g/mol. The van der Waals surface area contributed by atoms with E-state index in [-0.39, 0.29) is 5.91 Å². The minimum absolute atomic E-state index is 0.111. The minimum Gasteiger partial charge on any atom is -0.332 e. The molecule has 0 radical (unpaired) electrons. The van der Waals surface area contributed by atoms with Gasteiger partial charge in [0, 0.05) is 47.5 Å². The molecule has 6 heteroatoms. The van der Waals surface area contributed by atoms with Gasteiger partial charge < -0.3 is 9.47 Å². The van der Waals surface area contributed by atoms with Gasteiger partial charge in [0.1, 0.15) is 10.7 Å². The first-order valence-corrected chi connectivity index (χ1v) is 10.4. The summed E-state index contributed by atoms with van der Waals surface area (Å²) < 4.78 is 2.14. The summed E-state index contributed by atoms with van der Waals surface area (Å²) in [7, 11) is 0. The van der Waals surface area contributed by atoms with Crippen LogP contribution in [0, 0.1) is 0 Å². The molecule has 0 saturated heterocycles. The third-order valence-electron chi connectivity index (χ3n) is 5.28. The number of carbonyl (C=O) groups is 1. The number of nitrogens with zero attached hydrogens (tertiary/aromatic N) is 4. The van der Waals surface area contributed by atoms with E-state index < -0.39 is 0 Å². The van der Waals surface area contributed by atoms with E-state index in [0.29, 0.717) is 6.42 Å². The van der Waals surface area contributed by atoms with Crippen molar-refractivity contribution in [3.8, 4) is 10.6 Å². The number of rotatable bonds is 4. The number of hydrogen-bond donors (Lipinski definition) is 0. The monoisotopic (exact) mass is 388 g/mol. The normalized spacial score (nSPS) is 13.2. The molecule has 3 aromatic heterocycles. The van der Waals surface area contributed by atoms with Gasteiger partial charge >= 0.3 is 0 Å². The highest BCUT2D eigenvalue weighted by molar-refractivity contribution is 7.13. The zero-order valence-corrected chi connectivity index (χ0v) is 16.4. The summed E-state index contributed by atoms with van der Waals surface area (Å²) in [5, 5.41) is 4.04. The van der Waals surface area contributed by atoms with Gasteiger partial charge in [-0.25, -0.2) is 9.97 Å². The van der Waals surface area contributed by atoms with E-state index >= 15 is 0 Å². The van der Waals surface area contributed by atoms with E-state index in [1.54, 1.807) is 11.3 Å². The Balaban J connectivity index is 1.41. The van der Waals surface area contributed by atoms with Crippen LogP contribution in [-0.4, -0.2) is 27.0 Å². The second kappa shape index (κ2) is 6.87. The first-order chi connectivity index (χ1) is 13.7. The van der Waals surface area contributed by atoms with Gasteiger partial charge in [0.25, 0.3) is 0 Å². The fourth-order valence-corrected chi connectivity index (χ4v) is 4.74. The fraction of sp³-hybridized carbons (Fsp3) is 0.227. The highest BCUT2D eigenvalue weighted by Crippen LogP contribution is 2.33. The van der Waals surface area contributed by atoms with Crippen LogP contribution in [0.1, 0.15) is 18.2 Å². The van der Waals surface area contributed by atoms with Crippen LogP contribution in [0.5, 0.6) is 0 Å². The molecule has 4 aromatic rings. The molecule has 5 rings (SSSR count). The summed E-state index contributed by atoms with van der Waals surface area (Å²) in [6.07, 6.45) is 5.18. The van der Waals surface area contributed by atoms with E-state index in [4.69, 9.17) is 4.98 Å². The zero-order chi connectivity index (χ0) is 19.1. The highest BCUT2D eigenvalue weighted by atomic mass is 32.1. The molecule has 0 saturated carbocycles. The molecule has 4 heterocycles. The zero-order valence-electron chi connectivity index (χ0n) is 15.6. The van der Waals surface area contributed by atoms with Crippen LogP contribution in [0.4, 0.5) is 5.69 Å². The van der Waals surface area contributed by atoms with Crippen LogP contribution in [0.2, 0.25) is 0 Å². The third-order valence-corrected chi connectivity index (χ3v) is 6.20. The predicted molar refractivity (Wildman–Crippen MR) is 113 cm³/mol. The molecule has 0 fully saturated rings. The second-order valence-electron chi connectivity index (χ2n) is 6.95. The topological polar surface area (TPSA) is 51.0 Å². The molecular weight excluding hydrogens is 368 g/mol. The predicted octanol–water partition coefficient (Wildman–Crippen LogP) is 4.31. The number of pyridine rings is 1. The van der Waals surface area contributed by atoms with Gasteiger partial charge in [-0.1, -0.05) is 18.2 Å². The molecule has 0 N–H and O–H groups in total. The Labute approximate surface area is 167 Å². The lowest BCUT2D eigenvalue weighted by molar-refractivity contribution is -0.117. The van der Waals surface area contributed by atoms with E-state index in [9.17, 15) is 4.79 Å². The highest BCUT2D eigenvalue weighted by Gasteiger charge is 2.25. The first-order valence-electron chi connectivity index (χ1n) is 9.51. The Morgan fingerprint density at radius 1 is 1.21 bits per heavy atom. The number of fused-ring (bicyclic) bond motifs is 2. The molecule has 5 nitrogen and oxygen atoms in total. The Morgan fingerprint density at radius 2 is 2.11 bits per heavy atom. The van der Waals surface area contributed by atoms with Gasteiger partial charge in [0.15, 0.2) is 0 Å². The number of para-hydroxylation sites is 1. The molecule has 1 aliphatic rings. The lowest BCUT2D eigenvalue weighted by Crippen LogP contribution is -2.30. The summed E-state index contributed by atoms with van der Waals surface area (Å²) in [6.45, 7) is 3.72. The van der Waals surface area contributed by atoms with Gasteiger partial charge in [-0.15, -0.1) is 11.3 Å². The van der Waals surface area contributed by atoms with Crippen molar-refractivity contribution >= 4 is 34.0 Å². The van der Waals surface area contributed by atoms with Crippen LogP contribution < -0.4 is 4.90 Å². The first kappa shape index (κ1) is 17.1. The maximum atomic E-state index is 12.9. The van der Waals surface area contributed by atoms with Gasteiger partial charge in [-0.3, -0.25) is 4.79 Å². The Kier molecular flexibility index (Phi) is 4.20. The smallest absolute Gasteiger partial charge is 0.233 e. The molecule has 0 bridgehead atoms. The van der Waals surface area contributed by atoms with E-state index in [1.807, 2.05) is 40.7 Å². The molecular formula is C22H20N4OS. The summed E-state index contributed by atoms with van der Waals surface area (Å²) in [4.78, 5) is 24.0. The van der Waals surface area contributed by atoms with Crippen LogP contribution in [0.15, 0.2) is 54.2 Å². The van der Waals surface area contributed by atoms with Crippen molar-refractivity contribution in [3.05, 3.63) is 65.4 Å². The van der Waals surface area contributed by atoms with Crippen molar-refractivity contribution in [3.63, 3.8) is 0 Å². The number of benzene rings is 1. The minimum atomic E-state index is 0.111. The lowest BCUT2D eigenvalue weighted by Gasteiger charge is -2.16.